The first-order valence-electron chi connectivity index (χ1n) is 9.03. The number of rotatable bonds is 6. The monoisotopic (exact) mass is 499 g/mol. The zero-order chi connectivity index (χ0) is 19.4. The molecule has 1 aliphatic carbocycles. The van der Waals surface area contributed by atoms with E-state index in [0.717, 1.165) is 29.0 Å². The average Bonchev–Trinajstić information content (AvgIpc) is 3.45. The molecule has 1 saturated carbocycles. The van der Waals surface area contributed by atoms with Gasteiger partial charge < -0.3 is 20.1 Å². The maximum atomic E-state index is 14.0. The van der Waals surface area contributed by atoms with E-state index in [9.17, 15) is 4.39 Å². The molecule has 0 aliphatic heterocycles. The van der Waals surface area contributed by atoms with E-state index in [1.165, 1.54) is 6.07 Å². The van der Waals surface area contributed by atoms with Gasteiger partial charge in [0, 0.05) is 24.6 Å². The van der Waals surface area contributed by atoms with Crippen LogP contribution in [0.4, 0.5) is 4.39 Å². The Morgan fingerprint density at radius 3 is 2.57 bits per heavy atom. The minimum atomic E-state index is -0.149. The van der Waals surface area contributed by atoms with Crippen molar-refractivity contribution in [2.24, 2.45) is 4.99 Å². The van der Waals surface area contributed by atoms with E-state index in [2.05, 4.69) is 15.6 Å². The van der Waals surface area contributed by atoms with E-state index in [4.69, 9.17) is 9.47 Å². The van der Waals surface area contributed by atoms with Crippen molar-refractivity contribution < 1.29 is 13.9 Å². The predicted molar refractivity (Wildman–Crippen MR) is 121 cm³/mol. The second-order valence-electron chi connectivity index (χ2n) is 6.66. The number of methoxy groups -OCH3 is 2. The third-order valence-electron chi connectivity index (χ3n) is 4.90. The van der Waals surface area contributed by atoms with Crippen LogP contribution >= 0.6 is 24.0 Å². The fourth-order valence-corrected chi connectivity index (χ4v) is 3.28. The zero-order valence-electron chi connectivity index (χ0n) is 16.5. The summed E-state index contributed by atoms with van der Waals surface area (Å²) >= 11 is 0. The summed E-state index contributed by atoms with van der Waals surface area (Å²) in [4.78, 5) is 4.31. The highest BCUT2D eigenvalue weighted by atomic mass is 127. The lowest BCUT2D eigenvalue weighted by Crippen LogP contribution is -2.40. The molecule has 3 rings (SSSR count). The summed E-state index contributed by atoms with van der Waals surface area (Å²) in [5, 5.41) is 6.76. The summed E-state index contributed by atoms with van der Waals surface area (Å²) in [5.41, 5.74) is 1.73. The number of ether oxygens (including phenoxy) is 2. The molecule has 0 aromatic heterocycles. The molecule has 2 N–H and O–H groups in total. The Hall–Kier alpha value is -2.03. The molecule has 3 unspecified atom stereocenters. The number of hydrogen-bond donors (Lipinski definition) is 2. The summed E-state index contributed by atoms with van der Waals surface area (Å²) in [6.45, 7) is 2.03. The van der Waals surface area contributed by atoms with Gasteiger partial charge in [0.15, 0.2) is 5.96 Å². The number of guanidine groups is 1. The Labute approximate surface area is 182 Å². The SMILES string of the molecule is CN=C(NC(C)c1cc(OC)ccc1OC)NC1CC1c1ccccc1F.I. The van der Waals surface area contributed by atoms with Crippen LogP contribution in [0, 0.1) is 5.82 Å². The highest BCUT2D eigenvalue weighted by Gasteiger charge is 2.40. The van der Waals surface area contributed by atoms with Crippen molar-refractivity contribution in [2.75, 3.05) is 21.3 Å². The van der Waals surface area contributed by atoms with Gasteiger partial charge in [-0.25, -0.2) is 4.39 Å². The van der Waals surface area contributed by atoms with Crippen LogP contribution in [0.25, 0.3) is 0 Å². The molecule has 0 heterocycles. The number of halogens is 2. The maximum absolute atomic E-state index is 14.0. The van der Waals surface area contributed by atoms with Gasteiger partial charge in [0.1, 0.15) is 17.3 Å². The van der Waals surface area contributed by atoms with Crippen molar-refractivity contribution in [2.45, 2.75) is 31.3 Å². The van der Waals surface area contributed by atoms with Crippen LogP contribution in [0.15, 0.2) is 47.5 Å². The molecule has 2 aromatic rings. The van der Waals surface area contributed by atoms with Crippen LogP contribution in [-0.4, -0.2) is 33.3 Å². The molecule has 0 radical (unpaired) electrons. The Bertz CT molecular complexity index is 831. The number of nitrogens with zero attached hydrogens (tertiary/aromatic N) is 1. The van der Waals surface area contributed by atoms with Gasteiger partial charge in [-0.15, -0.1) is 24.0 Å². The minimum absolute atomic E-state index is 0. The Morgan fingerprint density at radius 1 is 1.18 bits per heavy atom. The van der Waals surface area contributed by atoms with Crippen LogP contribution in [0.3, 0.4) is 0 Å². The molecule has 0 spiro atoms. The van der Waals surface area contributed by atoms with Gasteiger partial charge in [0.25, 0.3) is 0 Å². The minimum Gasteiger partial charge on any atom is -0.497 e. The van der Waals surface area contributed by atoms with Crippen molar-refractivity contribution in [3.8, 4) is 11.5 Å². The fourth-order valence-electron chi connectivity index (χ4n) is 3.28. The van der Waals surface area contributed by atoms with Crippen molar-refractivity contribution in [3.05, 3.63) is 59.4 Å². The lowest BCUT2D eigenvalue weighted by Gasteiger charge is -2.21. The van der Waals surface area contributed by atoms with Gasteiger partial charge in [-0.05, 0) is 43.2 Å². The fraction of sp³-hybridized carbons (Fsp3) is 0.381. The number of aliphatic imine (C=N–C) groups is 1. The first-order valence-corrected chi connectivity index (χ1v) is 9.03. The number of benzene rings is 2. The van der Waals surface area contributed by atoms with Gasteiger partial charge in [-0.3, -0.25) is 4.99 Å². The Balaban J connectivity index is 0.00000280. The van der Waals surface area contributed by atoms with E-state index in [-0.39, 0.29) is 47.8 Å². The first-order chi connectivity index (χ1) is 13.1. The van der Waals surface area contributed by atoms with Gasteiger partial charge in [0.2, 0.25) is 0 Å². The summed E-state index contributed by atoms with van der Waals surface area (Å²) in [7, 11) is 5.01. The molecule has 7 heteroatoms. The van der Waals surface area contributed by atoms with Crippen LogP contribution in [0.1, 0.15) is 36.4 Å². The van der Waals surface area contributed by atoms with Crippen molar-refractivity contribution in [3.63, 3.8) is 0 Å². The quantitative estimate of drug-likeness (QED) is 0.355. The molecule has 0 saturated heterocycles. The summed E-state index contributed by atoms with van der Waals surface area (Å²) in [6.07, 6.45) is 0.887. The highest BCUT2D eigenvalue weighted by Crippen LogP contribution is 2.41. The smallest absolute Gasteiger partial charge is 0.191 e. The Morgan fingerprint density at radius 2 is 1.93 bits per heavy atom. The van der Waals surface area contributed by atoms with E-state index in [1.807, 2.05) is 37.3 Å². The molecule has 5 nitrogen and oxygen atoms in total. The molecular weight excluding hydrogens is 472 g/mol. The summed E-state index contributed by atoms with van der Waals surface area (Å²) < 4.78 is 24.7. The maximum Gasteiger partial charge on any atom is 0.191 e. The topological polar surface area (TPSA) is 54.9 Å². The zero-order valence-corrected chi connectivity index (χ0v) is 18.9. The van der Waals surface area contributed by atoms with Crippen LogP contribution in [0.2, 0.25) is 0 Å². The second kappa shape index (κ2) is 9.95. The molecule has 2 aromatic carbocycles. The van der Waals surface area contributed by atoms with Crippen molar-refractivity contribution in [1.29, 1.82) is 0 Å². The summed E-state index contributed by atoms with van der Waals surface area (Å²) in [6, 6.07) is 12.8. The number of hydrogen-bond acceptors (Lipinski definition) is 3. The molecule has 0 amide bonds. The average molecular weight is 499 g/mol. The second-order valence-corrected chi connectivity index (χ2v) is 6.66. The molecule has 3 atom stereocenters. The first kappa shape index (κ1) is 22.3. The third-order valence-corrected chi connectivity index (χ3v) is 4.90. The molecule has 0 bridgehead atoms. The summed E-state index contributed by atoms with van der Waals surface area (Å²) in [5.74, 6) is 2.25. The standard InChI is InChI=1S/C21H26FN3O2.HI/c1-13(16-11-14(26-3)9-10-20(16)27-4)24-21(23-2)25-19-12-17(19)15-7-5-6-8-18(15)22;/h5-11,13,17,19H,12H2,1-4H3,(H2,23,24,25);1H. The third kappa shape index (κ3) is 5.06. The van der Waals surface area contributed by atoms with Gasteiger partial charge in [0.05, 0.1) is 20.3 Å². The van der Waals surface area contributed by atoms with Crippen LogP contribution in [-0.2, 0) is 0 Å². The lowest BCUT2D eigenvalue weighted by molar-refractivity contribution is 0.394. The van der Waals surface area contributed by atoms with E-state index < -0.39 is 0 Å². The molecule has 1 fully saturated rings. The lowest BCUT2D eigenvalue weighted by atomic mass is 10.1. The van der Waals surface area contributed by atoms with Crippen LogP contribution < -0.4 is 20.1 Å². The predicted octanol–water partition coefficient (Wildman–Crippen LogP) is 4.24. The molecular formula is C21H27FIN3O2. The Kier molecular flexibility index (Phi) is 7.91. The van der Waals surface area contributed by atoms with Gasteiger partial charge in [-0.1, -0.05) is 18.2 Å². The molecule has 28 heavy (non-hydrogen) atoms. The normalized spacial score (nSPS) is 19.2. The van der Waals surface area contributed by atoms with Gasteiger partial charge in [-0.2, -0.15) is 0 Å². The van der Waals surface area contributed by atoms with Crippen LogP contribution in [0.5, 0.6) is 11.5 Å². The van der Waals surface area contributed by atoms with E-state index in [1.54, 1.807) is 27.3 Å². The van der Waals surface area contributed by atoms with Gasteiger partial charge >= 0.3 is 0 Å². The van der Waals surface area contributed by atoms with Crippen molar-refractivity contribution in [1.82, 2.24) is 10.6 Å². The highest BCUT2D eigenvalue weighted by molar-refractivity contribution is 14.0. The number of nitrogens with one attached hydrogen (secondary N) is 2. The largest absolute Gasteiger partial charge is 0.497 e. The van der Waals surface area contributed by atoms with E-state index >= 15 is 0 Å². The van der Waals surface area contributed by atoms with E-state index in [0.29, 0.717) is 5.96 Å². The molecule has 1 aliphatic rings. The molecule has 152 valence electrons. The van der Waals surface area contributed by atoms with Crippen molar-refractivity contribution >= 4 is 29.9 Å².